The zero-order valence-electron chi connectivity index (χ0n) is 13.8. The highest BCUT2D eigenvalue weighted by molar-refractivity contribution is 5.87. The van der Waals surface area contributed by atoms with Crippen LogP contribution in [0.1, 0.15) is 46.6 Å². The third-order valence-electron chi connectivity index (χ3n) is 3.53. The van der Waals surface area contributed by atoms with E-state index in [1.165, 1.54) is 0 Å². The zero-order valence-corrected chi connectivity index (χ0v) is 14.6. The highest BCUT2D eigenvalue weighted by Gasteiger charge is 2.31. The molecule has 4 heteroatoms. The Morgan fingerprint density at radius 1 is 1.19 bits per heavy atom. The molecule has 3 nitrogen and oxygen atoms in total. The predicted molar refractivity (Wildman–Crippen MR) is 91.5 cm³/mol. The number of halogens is 1. The topological polar surface area (TPSA) is 55.1 Å². The Labute approximate surface area is 135 Å². The Hall–Kier alpha value is -1.06. The molecule has 1 rings (SSSR count). The van der Waals surface area contributed by atoms with Crippen molar-refractivity contribution in [3.8, 4) is 0 Å². The second-order valence-corrected chi connectivity index (χ2v) is 7.01. The summed E-state index contributed by atoms with van der Waals surface area (Å²) in [6.45, 7) is 11.1. The third-order valence-corrected chi connectivity index (χ3v) is 3.53. The molecule has 1 unspecified atom stereocenters. The normalized spacial score (nSPS) is 14.2. The van der Waals surface area contributed by atoms with Crippen molar-refractivity contribution in [3.63, 3.8) is 0 Å². The summed E-state index contributed by atoms with van der Waals surface area (Å²) in [6.07, 6.45) is 1.07. The molecule has 0 aromatic heterocycles. The first-order chi connectivity index (χ1) is 9.15. The van der Waals surface area contributed by atoms with Crippen LogP contribution in [0, 0.1) is 11.3 Å². The first-order valence-electron chi connectivity index (χ1n) is 7.28. The molecule has 1 atom stereocenters. The van der Waals surface area contributed by atoms with E-state index in [9.17, 15) is 4.79 Å². The number of nitrogens with one attached hydrogen (secondary N) is 1. The van der Waals surface area contributed by atoms with Crippen molar-refractivity contribution < 1.29 is 4.79 Å². The molecule has 0 bridgehead atoms. The summed E-state index contributed by atoms with van der Waals surface area (Å²) in [5, 5.41) is 3.00. The van der Waals surface area contributed by atoms with Crippen LogP contribution in [0.15, 0.2) is 30.3 Å². The number of carbonyl (C=O) groups is 1. The second kappa shape index (κ2) is 7.81. The van der Waals surface area contributed by atoms with E-state index in [1.807, 2.05) is 30.3 Å². The van der Waals surface area contributed by atoms with Gasteiger partial charge in [0.05, 0.1) is 0 Å². The molecule has 21 heavy (non-hydrogen) atoms. The summed E-state index contributed by atoms with van der Waals surface area (Å²) in [7, 11) is 0. The molecule has 120 valence electrons. The molecule has 1 amide bonds. The SMILES string of the molecule is CC(C)CC(C)(C)CNC(=O)C(C)(N)c1ccccc1.Cl. The molecule has 0 saturated heterocycles. The predicted octanol–water partition coefficient (Wildman–Crippen LogP) is 3.47. The van der Waals surface area contributed by atoms with Crippen LogP contribution in [0.4, 0.5) is 0 Å². The van der Waals surface area contributed by atoms with Gasteiger partial charge in [-0.05, 0) is 30.2 Å². The van der Waals surface area contributed by atoms with Gasteiger partial charge < -0.3 is 11.1 Å². The highest BCUT2D eigenvalue weighted by Crippen LogP contribution is 2.25. The number of amides is 1. The van der Waals surface area contributed by atoms with E-state index in [4.69, 9.17) is 5.73 Å². The number of benzene rings is 1. The maximum absolute atomic E-state index is 12.4. The Kier molecular flexibility index (Phi) is 7.41. The molecule has 0 aliphatic carbocycles. The van der Waals surface area contributed by atoms with E-state index in [0.717, 1.165) is 12.0 Å². The first-order valence-corrected chi connectivity index (χ1v) is 7.28. The molecule has 1 aromatic rings. The molecule has 0 radical (unpaired) electrons. The van der Waals surface area contributed by atoms with Gasteiger partial charge in [0.25, 0.3) is 0 Å². The second-order valence-electron chi connectivity index (χ2n) is 7.01. The number of carbonyl (C=O) groups excluding carboxylic acids is 1. The van der Waals surface area contributed by atoms with Crippen molar-refractivity contribution in [3.05, 3.63) is 35.9 Å². The minimum absolute atomic E-state index is 0. The molecule has 0 aliphatic rings. The van der Waals surface area contributed by atoms with Crippen LogP contribution in [0.5, 0.6) is 0 Å². The lowest BCUT2D eigenvalue weighted by atomic mass is 9.83. The van der Waals surface area contributed by atoms with Crippen LogP contribution in [0.2, 0.25) is 0 Å². The summed E-state index contributed by atoms with van der Waals surface area (Å²) in [4.78, 5) is 12.4. The summed E-state index contributed by atoms with van der Waals surface area (Å²) >= 11 is 0. The lowest BCUT2D eigenvalue weighted by molar-refractivity contribution is -0.126. The highest BCUT2D eigenvalue weighted by atomic mass is 35.5. The number of hydrogen-bond acceptors (Lipinski definition) is 2. The van der Waals surface area contributed by atoms with Crippen molar-refractivity contribution in [2.24, 2.45) is 17.1 Å². The van der Waals surface area contributed by atoms with Crippen LogP contribution >= 0.6 is 12.4 Å². The summed E-state index contributed by atoms with van der Waals surface area (Å²) in [5.74, 6) is 0.487. The van der Waals surface area contributed by atoms with Gasteiger partial charge in [-0.25, -0.2) is 0 Å². The molecular formula is C17H29ClN2O. The van der Waals surface area contributed by atoms with Crippen LogP contribution in [-0.2, 0) is 10.3 Å². The minimum atomic E-state index is -0.991. The number of nitrogens with two attached hydrogens (primary N) is 1. The standard InChI is InChI=1S/C17H28N2O.ClH/c1-13(2)11-16(3,4)12-19-15(20)17(5,18)14-9-7-6-8-10-14;/h6-10,13H,11-12,18H2,1-5H3,(H,19,20);1H. The molecule has 3 N–H and O–H groups in total. The van der Waals surface area contributed by atoms with Gasteiger partial charge in [0.2, 0.25) is 5.91 Å². The Morgan fingerprint density at radius 3 is 2.19 bits per heavy atom. The fraction of sp³-hybridized carbons (Fsp3) is 0.588. The molecular weight excluding hydrogens is 284 g/mol. The van der Waals surface area contributed by atoms with Crippen LogP contribution in [0.3, 0.4) is 0 Å². The van der Waals surface area contributed by atoms with Gasteiger partial charge >= 0.3 is 0 Å². The first kappa shape index (κ1) is 19.9. The lowest BCUT2D eigenvalue weighted by Crippen LogP contribution is -2.51. The smallest absolute Gasteiger partial charge is 0.244 e. The molecule has 0 aliphatic heterocycles. The van der Waals surface area contributed by atoms with Gasteiger partial charge in [-0.1, -0.05) is 58.0 Å². The van der Waals surface area contributed by atoms with E-state index < -0.39 is 5.54 Å². The van der Waals surface area contributed by atoms with Crippen molar-refractivity contribution >= 4 is 18.3 Å². The van der Waals surface area contributed by atoms with Gasteiger partial charge in [-0.3, -0.25) is 4.79 Å². The Morgan fingerprint density at radius 2 is 1.71 bits per heavy atom. The quantitative estimate of drug-likeness (QED) is 0.845. The number of hydrogen-bond donors (Lipinski definition) is 2. The Bertz CT molecular complexity index is 441. The van der Waals surface area contributed by atoms with Gasteiger partial charge in [0.1, 0.15) is 5.54 Å². The van der Waals surface area contributed by atoms with Gasteiger partial charge in [-0.15, -0.1) is 12.4 Å². The van der Waals surface area contributed by atoms with Gasteiger partial charge in [0.15, 0.2) is 0 Å². The van der Waals surface area contributed by atoms with Crippen LogP contribution in [0.25, 0.3) is 0 Å². The fourth-order valence-electron chi connectivity index (χ4n) is 2.60. The van der Waals surface area contributed by atoms with E-state index >= 15 is 0 Å². The largest absolute Gasteiger partial charge is 0.354 e. The maximum Gasteiger partial charge on any atom is 0.244 e. The van der Waals surface area contributed by atoms with Crippen molar-refractivity contribution in [2.45, 2.75) is 46.6 Å². The maximum atomic E-state index is 12.4. The van der Waals surface area contributed by atoms with Gasteiger partial charge in [0, 0.05) is 6.54 Å². The van der Waals surface area contributed by atoms with Crippen LogP contribution < -0.4 is 11.1 Å². The summed E-state index contributed by atoms with van der Waals surface area (Å²) < 4.78 is 0. The monoisotopic (exact) mass is 312 g/mol. The number of rotatable bonds is 6. The van der Waals surface area contributed by atoms with E-state index in [2.05, 4.69) is 33.0 Å². The van der Waals surface area contributed by atoms with Crippen molar-refractivity contribution in [1.29, 1.82) is 0 Å². The average Bonchev–Trinajstić information content (AvgIpc) is 2.35. The summed E-state index contributed by atoms with van der Waals surface area (Å²) in [5.41, 5.74) is 6.12. The molecule has 0 spiro atoms. The lowest BCUT2D eigenvalue weighted by Gasteiger charge is -2.30. The Balaban J connectivity index is 0.00000400. The van der Waals surface area contributed by atoms with Crippen molar-refractivity contribution in [2.75, 3.05) is 6.54 Å². The van der Waals surface area contributed by atoms with Crippen molar-refractivity contribution in [1.82, 2.24) is 5.32 Å². The summed E-state index contributed by atoms with van der Waals surface area (Å²) in [6, 6.07) is 9.49. The van der Waals surface area contributed by atoms with Crippen LogP contribution in [-0.4, -0.2) is 12.5 Å². The average molecular weight is 313 g/mol. The zero-order chi connectivity index (χ0) is 15.4. The molecule has 0 fully saturated rings. The molecule has 0 saturated carbocycles. The van der Waals surface area contributed by atoms with Gasteiger partial charge in [-0.2, -0.15) is 0 Å². The van der Waals surface area contributed by atoms with E-state index in [-0.39, 0.29) is 23.7 Å². The minimum Gasteiger partial charge on any atom is -0.354 e. The van der Waals surface area contributed by atoms with E-state index in [0.29, 0.717) is 12.5 Å². The van der Waals surface area contributed by atoms with E-state index in [1.54, 1.807) is 6.92 Å². The molecule has 1 aromatic carbocycles. The third kappa shape index (κ3) is 6.06. The molecule has 0 heterocycles. The fourth-order valence-corrected chi connectivity index (χ4v) is 2.60.